The van der Waals surface area contributed by atoms with Gasteiger partial charge in [-0.3, -0.25) is 4.79 Å². The lowest BCUT2D eigenvalue weighted by Gasteiger charge is -1.94. The van der Waals surface area contributed by atoms with Gasteiger partial charge in [-0.1, -0.05) is 0 Å². The zero-order chi connectivity index (χ0) is 11.0. The summed E-state index contributed by atoms with van der Waals surface area (Å²) in [5, 5.41) is 3.76. The van der Waals surface area contributed by atoms with Crippen LogP contribution in [0.4, 0.5) is 0 Å². The van der Waals surface area contributed by atoms with Gasteiger partial charge < -0.3 is 0 Å². The standard InChI is InChI=1S/C9H3Br3OS2/c10-5-3-15-9(7(5)12)8(13)4-1-6(11)14-2-4/h1-3H. The van der Waals surface area contributed by atoms with E-state index in [-0.39, 0.29) is 5.78 Å². The largest absolute Gasteiger partial charge is 0.288 e. The molecule has 0 saturated carbocycles. The second kappa shape index (κ2) is 4.79. The lowest BCUT2D eigenvalue weighted by atomic mass is 10.2. The van der Waals surface area contributed by atoms with Crippen molar-refractivity contribution < 1.29 is 4.79 Å². The van der Waals surface area contributed by atoms with Crippen LogP contribution in [0.15, 0.2) is 29.6 Å². The number of halogens is 3. The Morgan fingerprint density at radius 1 is 1.13 bits per heavy atom. The van der Waals surface area contributed by atoms with E-state index in [0.717, 1.165) is 23.2 Å². The highest BCUT2D eigenvalue weighted by molar-refractivity contribution is 9.13. The average Bonchev–Trinajstić information content (AvgIpc) is 2.75. The van der Waals surface area contributed by atoms with Crippen molar-refractivity contribution in [2.24, 2.45) is 0 Å². The first-order valence-electron chi connectivity index (χ1n) is 3.81. The Kier molecular flexibility index (Phi) is 3.83. The smallest absolute Gasteiger partial charge is 0.205 e. The van der Waals surface area contributed by atoms with Crippen molar-refractivity contribution in [1.29, 1.82) is 0 Å². The first-order valence-corrected chi connectivity index (χ1v) is 7.94. The fraction of sp³-hybridized carbons (Fsp3) is 0. The van der Waals surface area contributed by atoms with Gasteiger partial charge in [0.25, 0.3) is 0 Å². The Balaban J connectivity index is 2.41. The third-order valence-corrected chi connectivity index (χ3v) is 6.76. The number of hydrogen-bond donors (Lipinski definition) is 0. The van der Waals surface area contributed by atoms with E-state index >= 15 is 0 Å². The highest BCUT2D eigenvalue weighted by Crippen LogP contribution is 2.35. The van der Waals surface area contributed by atoms with E-state index in [1.165, 1.54) is 22.7 Å². The minimum absolute atomic E-state index is 0.0551. The normalized spacial score (nSPS) is 10.6. The monoisotopic (exact) mass is 428 g/mol. The van der Waals surface area contributed by atoms with Crippen LogP contribution >= 0.6 is 70.5 Å². The Bertz CT molecular complexity index is 515. The summed E-state index contributed by atoms with van der Waals surface area (Å²) in [5.74, 6) is 0.0551. The quantitative estimate of drug-likeness (QED) is 0.588. The van der Waals surface area contributed by atoms with E-state index < -0.39 is 0 Å². The van der Waals surface area contributed by atoms with Crippen molar-refractivity contribution >= 4 is 76.2 Å². The van der Waals surface area contributed by atoms with Gasteiger partial charge in [0.05, 0.1) is 13.1 Å². The van der Waals surface area contributed by atoms with Crippen molar-refractivity contribution in [3.63, 3.8) is 0 Å². The zero-order valence-electron chi connectivity index (χ0n) is 7.09. The fourth-order valence-electron chi connectivity index (χ4n) is 1.04. The fourth-order valence-corrected chi connectivity index (χ4v) is 4.29. The van der Waals surface area contributed by atoms with Gasteiger partial charge in [-0.15, -0.1) is 22.7 Å². The van der Waals surface area contributed by atoms with Gasteiger partial charge >= 0.3 is 0 Å². The Morgan fingerprint density at radius 2 is 1.87 bits per heavy atom. The molecule has 0 unspecified atom stereocenters. The molecule has 6 heteroatoms. The maximum absolute atomic E-state index is 12.0. The molecule has 78 valence electrons. The summed E-state index contributed by atoms with van der Waals surface area (Å²) >= 11 is 13.0. The van der Waals surface area contributed by atoms with E-state index in [9.17, 15) is 4.79 Å². The van der Waals surface area contributed by atoms with Crippen molar-refractivity contribution in [3.05, 3.63) is 40.0 Å². The summed E-state index contributed by atoms with van der Waals surface area (Å²) < 4.78 is 2.72. The summed E-state index contributed by atoms with van der Waals surface area (Å²) in [4.78, 5) is 12.8. The first-order chi connectivity index (χ1) is 7.09. The molecular weight excluding hydrogens is 428 g/mol. The second-order valence-corrected chi connectivity index (χ2v) is 7.51. The van der Waals surface area contributed by atoms with Crippen LogP contribution in [0.25, 0.3) is 0 Å². The first kappa shape index (κ1) is 12.0. The molecule has 0 radical (unpaired) electrons. The molecule has 0 aliphatic carbocycles. The van der Waals surface area contributed by atoms with Crippen LogP contribution in [-0.4, -0.2) is 5.78 Å². The topological polar surface area (TPSA) is 17.1 Å². The maximum Gasteiger partial charge on any atom is 0.205 e. The number of carbonyl (C=O) groups is 1. The molecule has 1 nitrogen and oxygen atoms in total. The molecule has 0 fully saturated rings. The molecule has 15 heavy (non-hydrogen) atoms. The summed E-state index contributed by atoms with van der Waals surface area (Å²) in [6.45, 7) is 0. The molecule has 0 aliphatic heterocycles. The molecule has 0 spiro atoms. The molecule has 0 bridgehead atoms. The molecular formula is C9H3Br3OS2. The number of rotatable bonds is 2. The van der Waals surface area contributed by atoms with Gasteiger partial charge in [-0.2, -0.15) is 0 Å². The number of thiophene rings is 2. The second-order valence-electron chi connectivity index (χ2n) is 2.70. The average molecular weight is 431 g/mol. The van der Waals surface area contributed by atoms with E-state index in [1.807, 2.05) is 16.8 Å². The minimum atomic E-state index is 0.0551. The molecule has 0 N–H and O–H groups in total. The lowest BCUT2D eigenvalue weighted by molar-refractivity contribution is 0.104. The van der Waals surface area contributed by atoms with Crippen LogP contribution in [0.5, 0.6) is 0 Å². The molecule has 0 atom stereocenters. The molecule has 2 aromatic rings. The third-order valence-electron chi connectivity index (χ3n) is 1.73. The number of ketones is 1. The number of carbonyl (C=O) groups excluding carboxylic acids is 1. The highest BCUT2D eigenvalue weighted by Gasteiger charge is 2.17. The van der Waals surface area contributed by atoms with E-state index in [0.29, 0.717) is 0 Å². The molecule has 0 aliphatic rings. The van der Waals surface area contributed by atoms with Crippen molar-refractivity contribution in [2.75, 3.05) is 0 Å². The van der Waals surface area contributed by atoms with E-state index in [2.05, 4.69) is 47.8 Å². The van der Waals surface area contributed by atoms with E-state index in [1.54, 1.807) is 0 Å². The Morgan fingerprint density at radius 3 is 2.33 bits per heavy atom. The van der Waals surface area contributed by atoms with E-state index in [4.69, 9.17) is 0 Å². The lowest BCUT2D eigenvalue weighted by Crippen LogP contribution is -1.96. The summed E-state index contributed by atoms with van der Waals surface area (Å²) in [6.07, 6.45) is 0. The highest BCUT2D eigenvalue weighted by atomic mass is 79.9. The maximum atomic E-state index is 12.0. The van der Waals surface area contributed by atoms with Crippen LogP contribution in [0.1, 0.15) is 15.2 Å². The van der Waals surface area contributed by atoms with Gasteiger partial charge in [0.1, 0.15) is 0 Å². The number of hydrogen-bond acceptors (Lipinski definition) is 3. The Hall–Kier alpha value is 0.510. The Labute approximate surface area is 120 Å². The SMILES string of the molecule is O=C(c1csc(Br)c1)c1scc(Br)c1Br. The molecule has 2 rings (SSSR count). The van der Waals surface area contributed by atoms with Crippen molar-refractivity contribution in [1.82, 2.24) is 0 Å². The van der Waals surface area contributed by atoms with Gasteiger partial charge in [-0.25, -0.2) is 0 Å². The molecule has 2 aromatic heterocycles. The van der Waals surface area contributed by atoms with Gasteiger partial charge in [-0.05, 0) is 53.9 Å². The summed E-state index contributed by atoms with van der Waals surface area (Å²) in [6, 6.07) is 1.84. The van der Waals surface area contributed by atoms with Crippen LogP contribution in [-0.2, 0) is 0 Å². The zero-order valence-corrected chi connectivity index (χ0v) is 13.5. The van der Waals surface area contributed by atoms with Crippen molar-refractivity contribution in [2.45, 2.75) is 0 Å². The van der Waals surface area contributed by atoms with Crippen LogP contribution in [0.2, 0.25) is 0 Å². The summed E-state index contributed by atoms with van der Waals surface area (Å²) in [5.41, 5.74) is 0.724. The van der Waals surface area contributed by atoms with Crippen LogP contribution < -0.4 is 0 Å². The van der Waals surface area contributed by atoms with Crippen LogP contribution in [0, 0.1) is 0 Å². The predicted molar refractivity (Wildman–Crippen MR) is 75.2 cm³/mol. The molecule has 2 heterocycles. The summed E-state index contributed by atoms with van der Waals surface area (Å²) in [7, 11) is 0. The minimum Gasteiger partial charge on any atom is -0.288 e. The third kappa shape index (κ3) is 2.44. The van der Waals surface area contributed by atoms with Crippen molar-refractivity contribution in [3.8, 4) is 0 Å². The van der Waals surface area contributed by atoms with Gasteiger partial charge in [0.15, 0.2) is 0 Å². The van der Waals surface area contributed by atoms with Gasteiger partial charge in [0.2, 0.25) is 5.78 Å². The molecule has 0 amide bonds. The predicted octanol–water partition coefficient (Wildman–Crippen LogP) is 5.33. The van der Waals surface area contributed by atoms with Crippen LogP contribution in [0.3, 0.4) is 0 Å². The van der Waals surface area contributed by atoms with Gasteiger partial charge in [0, 0.05) is 20.8 Å². The molecule has 0 saturated heterocycles. The molecule has 0 aromatic carbocycles.